The summed E-state index contributed by atoms with van der Waals surface area (Å²) in [5, 5.41) is 4.55. The zero-order valence-corrected chi connectivity index (χ0v) is 15.2. The number of barbiturate groups is 1. The van der Waals surface area contributed by atoms with E-state index in [0.29, 0.717) is 17.9 Å². The molecule has 0 aromatic heterocycles. The Hall–Kier alpha value is -2.05. The molecule has 134 valence electrons. The van der Waals surface area contributed by atoms with Crippen LogP contribution in [0.4, 0.5) is 4.79 Å². The van der Waals surface area contributed by atoms with Crippen molar-refractivity contribution in [2.75, 3.05) is 6.61 Å². The minimum atomic E-state index is -0.852. The van der Waals surface area contributed by atoms with Gasteiger partial charge in [-0.3, -0.25) is 20.2 Å². The lowest BCUT2D eigenvalue weighted by Gasteiger charge is -2.14. The minimum absolute atomic E-state index is 0.208. The van der Waals surface area contributed by atoms with Gasteiger partial charge in [0, 0.05) is 0 Å². The number of halogens is 2. The molecular weight excluding hydrogens is 367 g/mol. The molecule has 6 nitrogen and oxygen atoms in total. The lowest BCUT2D eigenvalue weighted by Crippen LogP contribution is -2.51. The van der Waals surface area contributed by atoms with Gasteiger partial charge >= 0.3 is 6.03 Å². The summed E-state index contributed by atoms with van der Waals surface area (Å²) in [7, 11) is 0. The quantitative estimate of drug-likeness (QED) is 0.426. The Bertz CT molecular complexity index is 686. The lowest BCUT2D eigenvalue weighted by atomic mass is 10.1. The zero-order valence-electron chi connectivity index (χ0n) is 13.7. The van der Waals surface area contributed by atoms with E-state index in [1.807, 2.05) is 10.6 Å². The van der Waals surface area contributed by atoms with Gasteiger partial charge in [-0.25, -0.2) is 4.79 Å². The highest BCUT2D eigenvalue weighted by Crippen LogP contribution is 2.35. The van der Waals surface area contributed by atoms with Crippen LogP contribution in [0, 0.1) is 0 Å². The van der Waals surface area contributed by atoms with Gasteiger partial charge in [-0.2, -0.15) is 0 Å². The molecule has 1 aromatic carbocycles. The van der Waals surface area contributed by atoms with Gasteiger partial charge in [0.25, 0.3) is 11.8 Å². The number of hydrogen-bond acceptors (Lipinski definition) is 4. The molecule has 2 N–H and O–H groups in total. The number of hydrogen-bond donors (Lipinski definition) is 2. The van der Waals surface area contributed by atoms with Crippen LogP contribution in [-0.4, -0.2) is 24.5 Å². The van der Waals surface area contributed by atoms with Gasteiger partial charge in [-0.05, 0) is 30.2 Å². The maximum Gasteiger partial charge on any atom is 0.328 e. The van der Waals surface area contributed by atoms with Crippen molar-refractivity contribution >= 4 is 47.1 Å². The third kappa shape index (κ3) is 5.21. The molecule has 1 heterocycles. The minimum Gasteiger partial charge on any atom is -0.490 e. The van der Waals surface area contributed by atoms with E-state index in [2.05, 4.69) is 6.92 Å². The summed E-state index contributed by atoms with van der Waals surface area (Å²) in [5.74, 6) is -1.19. The van der Waals surface area contributed by atoms with Crippen LogP contribution in [0.5, 0.6) is 5.75 Å². The first-order valence-corrected chi connectivity index (χ1v) is 8.68. The number of imide groups is 2. The Morgan fingerprint density at radius 1 is 1.00 bits per heavy atom. The van der Waals surface area contributed by atoms with Gasteiger partial charge in [0.1, 0.15) is 5.57 Å². The Morgan fingerprint density at radius 2 is 1.60 bits per heavy atom. The van der Waals surface area contributed by atoms with Gasteiger partial charge in [-0.1, -0.05) is 49.4 Å². The van der Waals surface area contributed by atoms with E-state index >= 15 is 0 Å². The Labute approximate surface area is 155 Å². The highest BCUT2D eigenvalue weighted by molar-refractivity contribution is 6.37. The van der Waals surface area contributed by atoms with E-state index in [-0.39, 0.29) is 15.6 Å². The molecule has 4 amide bonds. The molecular formula is C17H18Cl2N2O4. The molecule has 0 radical (unpaired) electrons. The van der Waals surface area contributed by atoms with E-state index in [1.165, 1.54) is 6.08 Å². The number of ether oxygens (including phenoxy) is 1. The van der Waals surface area contributed by atoms with Crippen LogP contribution >= 0.6 is 23.2 Å². The SMILES string of the molecule is CCCCCCOc1c(Cl)cc(C=C2C(=O)NC(=O)NC2=O)cc1Cl. The van der Waals surface area contributed by atoms with Gasteiger partial charge in [0.05, 0.1) is 16.7 Å². The van der Waals surface area contributed by atoms with Crippen molar-refractivity contribution in [2.45, 2.75) is 32.6 Å². The number of unbranched alkanes of at least 4 members (excludes halogenated alkanes) is 3. The molecule has 1 aliphatic heterocycles. The number of nitrogens with one attached hydrogen (secondary N) is 2. The molecule has 25 heavy (non-hydrogen) atoms. The number of urea groups is 1. The van der Waals surface area contributed by atoms with E-state index in [9.17, 15) is 14.4 Å². The van der Waals surface area contributed by atoms with Gasteiger partial charge in [0.15, 0.2) is 5.75 Å². The molecule has 1 aliphatic rings. The fourth-order valence-corrected chi connectivity index (χ4v) is 2.89. The maximum atomic E-state index is 11.7. The fraction of sp³-hybridized carbons (Fsp3) is 0.353. The van der Waals surface area contributed by atoms with Gasteiger partial charge in [-0.15, -0.1) is 0 Å². The summed E-state index contributed by atoms with van der Waals surface area (Å²) >= 11 is 12.4. The normalized spacial score (nSPS) is 14.2. The third-order valence-electron chi connectivity index (χ3n) is 3.52. The number of rotatable bonds is 7. The second-order valence-electron chi connectivity index (χ2n) is 5.52. The van der Waals surface area contributed by atoms with E-state index in [1.54, 1.807) is 12.1 Å². The smallest absolute Gasteiger partial charge is 0.328 e. The molecule has 0 bridgehead atoms. The van der Waals surface area contributed by atoms with Gasteiger partial charge < -0.3 is 4.74 Å². The molecule has 0 aliphatic carbocycles. The maximum absolute atomic E-state index is 11.7. The number of carbonyl (C=O) groups excluding carboxylic acids is 3. The van der Waals surface area contributed by atoms with Gasteiger partial charge in [0.2, 0.25) is 0 Å². The van der Waals surface area contributed by atoms with Crippen LogP contribution in [0.1, 0.15) is 38.2 Å². The summed E-state index contributed by atoms with van der Waals surface area (Å²) < 4.78 is 5.63. The second-order valence-corrected chi connectivity index (χ2v) is 6.33. The van der Waals surface area contributed by atoms with Crippen LogP contribution in [0.15, 0.2) is 17.7 Å². The van der Waals surface area contributed by atoms with Crippen molar-refractivity contribution in [3.05, 3.63) is 33.3 Å². The van der Waals surface area contributed by atoms with E-state index in [4.69, 9.17) is 27.9 Å². The van der Waals surface area contributed by atoms with Crippen LogP contribution in [0.3, 0.4) is 0 Å². The summed E-state index contributed by atoms with van der Waals surface area (Å²) in [6.45, 7) is 2.64. The Kier molecular flexibility index (Phi) is 6.84. The van der Waals surface area contributed by atoms with Crippen molar-refractivity contribution in [2.24, 2.45) is 0 Å². The van der Waals surface area contributed by atoms with Crippen molar-refractivity contribution in [3.63, 3.8) is 0 Å². The lowest BCUT2D eigenvalue weighted by molar-refractivity contribution is -0.123. The summed E-state index contributed by atoms with van der Waals surface area (Å²) in [4.78, 5) is 34.5. The summed E-state index contributed by atoms with van der Waals surface area (Å²) in [5.41, 5.74) is 0.239. The largest absolute Gasteiger partial charge is 0.490 e. The van der Waals surface area contributed by atoms with Crippen molar-refractivity contribution in [1.29, 1.82) is 0 Å². The van der Waals surface area contributed by atoms with Crippen molar-refractivity contribution < 1.29 is 19.1 Å². The summed E-state index contributed by atoms with van der Waals surface area (Å²) in [6.07, 6.45) is 5.56. The van der Waals surface area contributed by atoms with Crippen LogP contribution in [0.2, 0.25) is 10.0 Å². The fourth-order valence-electron chi connectivity index (χ4n) is 2.28. The molecule has 0 unspecified atom stereocenters. The monoisotopic (exact) mass is 384 g/mol. The predicted molar refractivity (Wildman–Crippen MR) is 95.8 cm³/mol. The standard InChI is InChI=1S/C17H18Cl2N2O4/c1-2-3-4-5-6-25-14-12(18)8-10(9-13(14)19)7-11-15(22)20-17(24)21-16(11)23/h7-9H,2-6H2,1H3,(H2,20,21,22,23,24). The summed E-state index contributed by atoms with van der Waals surface area (Å²) in [6, 6.07) is 2.23. The average Bonchev–Trinajstić information content (AvgIpc) is 2.53. The van der Waals surface area contributed by atoms with Crippen molar-refractivity contribution in [1.82, 2.24) is 10.6 Å². The topological polar surface area (TPSA) is 84.5 Å². The molecule has 0 saturated carbocycles. The molecule has 8 heteroatoms. The van der Waals surface area contributed by atoms with E-state index < -0.39 is 17.8 Å². The van der Waals surface area contributed by atoms with Crippen molar-refractivity contribution in [3.8, 4) is 5.75 Å². The number of benzene rings is 1. The van der Waals surface area contributed by atoms with E-state index in [0.717, 1.165) is 25.7 Å². The Morgan fingerprint density at radius 3 is 2.16 bits per heavy atom. The Balaban J connectivity index is 2.13. The first-order valence-electron chi connectivity index (χ1n) is 7.92. The third-order valence-corrected chi connectivity index (χ3v) is 4.08. The molecule has 0 spiro atoms. The highest BCUT2D eigenvalue weighted by atomic mass is 35.5. The zero-order chi connectivity index (χ0) is 18.4. The van der Waals surface area contributed by atoms with Crippen LogP contribution < -0.4 is 15.4 Å². The first kappa shape index (κ1) is 19.3. The number of carbonyl (C=O) groups is 3. The molecule has 1 aromatic rings. The highest BCUT2D eigenvalue weighted by Gasteiger charge is 2.27. The second kappa shape index (κ2) is 8.87. The van der Waals surface area contributed by atoms with Crippen LogP contribution in [0.25, 0.3) is 6.08 Å². The molecule has 2 rings (SSSR count). The predicted octanol–water partition coefficient (Wildman–Crippen LogP) is 3.70. The molecule has 1 saturated heterocycles. The molecule has 0 atom stereocenters. The number of amides is 4. The van der Waals surface area contributed by atoms with Crippen LogP contribution in [-0.2, 0) is 9.59 Å². The average molecular weight is 385 g/mol. The molecule has 1 fully saturated rings. The first-order chi connectivity index (χ1) is 11.9.